The summed E-state index contributed by atoms with van der Waals surface area (Å²) in [6, 6.07) is 6.97. The minimum absolute atomic E-state index is 0.744. The molecule has 2 N–H and O–H groups in total. The molecule has 1 saturated carbocycles. The predicted octanol–water partition coefficient (Wildman–Crippen LogP) is 4.00. The van der Waals surface area contributed by atoms with Crippen molar-refractivity contribution in [3.8, 4) is 0 Å². The lowest BCUT2D eigenvalue weighted by molar-refractivity contribution is 0.318. The lowest BCUT2D eigenvalue weighted by Gasteiger charge is -2.24. The zero-order chi connectivity index (χ0) is 13.0. The van der Waals surface area contributed by atoms with Crippen molar-refractivity contribution in [2.75, 3.05) is 6.54 Å². The molecule has 0 saturated heterocycles. The molecular formula is C17H27N. The van der Waals surface area contributed by atoms with Crippen molar-refractivity contribution in [2.45, 2.75) is 52.4 Å². The van der Waals surface area contributed by atoms with Crippen LogP contribution in [0.5, 0.6) is 0 Å². The molecule has 1 nitrogen and oxygen atoms in total. The molecule has 100 valence electrons. The van der Waals surface area contributed by atoms with Crippen molar-refractivity contribution in [1.29, 1.82) is 0 Å². The van der Waals surface area contributed by atoms with E-state index in [-0.39, 0.29) is 0 Å². The molecule has 1 aliphatic rings. The van der Waals surface area contributed by atoms with Crippen molar-refractivity contribution in [3.63, 3.8) is 0 Å². The van der Waals surface area contributed by atoms with E-state index in [0.29, 0.717) is 0 Å². The minimum atomic E-state index is 0.744. The van der Waals surface area contributed by atoms with Gasteiger partial charge >= 0.3 is 0 Å². The molecule has 1 heteroatoms. The van der Waals surface area contributed by atoms with Crippen molar-refractivity contribution < 1.29 is 0 Å². The fourth-order valence-corrected chi connectivity index (χ4v) is 3.53. The summed E-state index contributed by atoms with van der Waals surface area (Å²) in [5.41, 5.74) is 10.3. The number of rotatable bonds is 3. The summed E-state index contributed by atoms with van der Waals surface area (Å²) >= 11 is 0. The summed E-state index contributed by atoms with van der Waals surface area (Å²) < 4.78 is 0. The van der Waals surface area contributed by atoms with Gasteiger partial charge < -0.3 is 5.73 Å². The molecule has 0 aliphatic heterocycles. The lowest BCUT2D eigenvalue weighted by Crippen LogP contribution is -2.24. The van der Waals surface area contributed by atoms with Crippen LogP contribution in [-0.4, -0.2) is 6.54 Å². The average molecular weight is 245 g/mol. The smallest absolute Gasteiger partial charge is 0.00461 e. The van der Waals surface area contributed by atoms with Gasteiger partial charge in [-0.1, -0.05) is 48.6 Å². The third-order valence-corrected chi connectivity index (χ3v) is 4.40. The standard InChI is InChI=1S/C17H27N/c1-13-8-14(2)10-15(9-13)11-16-6-4-3-5-7-17(16)12-18/h8-10,16-17H,3-7,11-12,18H2,1-2H3. The molecule has 0 radical (unpaired) electrons. The normalized spacial score (nSPS) is 24.8. The molecule has 2 unspecified atom stereocenters. The first kappa shape index (κ1) is 13.6. The summed E-state index contributed by atoms with van der Waals surface area (Å²) in [5.74, 6) is 1.55. The van der Waals surface area contributed by atoms with E-state index in [0.717, 1.165) is 18.4 Å². The maximum atomic E-state index is 5.98. The Morgan fingerprint density at radius 2 is 1.56 bits per heavy atom. The summed E-state index contributed by atoms with van der Waals surface area (Å²) in [7, 11) is 0. The van der Waals surface area contributed by atoms with E-state index in [4.69, 9.17) is 5.73 Å². The van der Waals surface area contributed by atoms with E-state index < -0.39 is 0 Å². The van der Waals surface area contributed by atoms with Gasteiger partial charge in [-0.2, -0.15) is 0 Å². The topological polar surface area (TPSA) is 26.0 Å². The third kappa shape index (κ3) is 3.58. The van der Waals surface area contributed by atoms with E-state index in [1.54, 1.807) is 0 Å². The lowest BCUT2D eigenvalue weighted by atomic mass is 9.83. The molecule has 0 bridgehead atoms. The summed E-state index contributed by atoms with van der Waals surface area (Å²) in [6.07, 6.45) is 8.11. The monoisotopic (exact) mass is 245 g/mol. The molecular weight excluding hydrogens is 218 g/mol. The number of hydrogen-bond donors (Lipinski definition) is 1. The van der Waals surface area contributed by atoms with Crippen LogP contribution >= 0.6 is 0 Å². The van der Waals surface area contributed by atoms with E-state index in [1.807, 2.05) is 0 Å². The highest BCUT2D eigenvalue weighted by Gasteiger charge is 2.22. The van der Waals surface area contributed by atoms with Crippen LogP contribution in [0.3, 0.4) is 0 Å². The van der Waals surface area contributed by atoms with Crippen LogP contribution in [0.25, 0.3) is 0 Å². The molecule has 2 rings (SSSR count). The highest BCUT2D eigenvalue weighted by atomic mass is 14.6. The van der Waals surface area contributed by atoms with E-state index in [9.17, 15) is 0 Å². The van der Waals surface area contributed by atoms with Crippen LogP contribution in [0.15, 0.2) is 18.2 Å². The molecule has 1 aromatic rings. The van der Waals surface area contributed by atoms with Gasteiger partial charge in [0.05, 0.1) is 0 Å². The number of aryl methyl sites for hydroxylation is 2. The Morgan fingerprint density at radius 3 is 2.17 bits per heavy atom. The van der Waals surface area contributed by atoms with Gasteiger partial charge in [0.1, 0.15) is 0 Å². The van der Waals surface area contributed by atoms with Gasteiger partial charge in [-0.15, -0.1) is 0 Å². The Morgan fingerprint density at radius 1 is 0.944 bits per heavy atom. The van der Waals surface area contributed by atoms with Crippen LogP contribution in [0.4, 0.5) is 0 Å². The van der Waals surface area contributed by atoms with E-state index in [1.165, 1.54) is 55.2 Å². The Kier molecular flexibility index (Phi) is 4.82. The van der Waals surface area contributed by atoms with E-state index in [2.05, 4.69) is 32.0 Å². The molecule has 0 amide bonds. The Balaban J connectivity index is 2.09. The van der Waals surface area contributed by atoms with Crippen LogP contribution < -0.4 is 5.73 Å². The van der Waals surface area contributed by atoms with Gasteiger partial charge in [0.15, 0.2) is 0 Å². The number of nitrogens with two attached hydrogens (primary N) is 1. The maximum absolute atomic E-state index is 5.98. The van der Waals surface area contributed by atoms with Gasteiger partial charge in [-0.25, -0.2) is 0 Å². The molecule has 1 fully saturated rings. The number of hydrogen-bond acceptors (Lipinski definition) is 1. The van der Waals surface area contributed by atoms with Crippen LogP contribution in [0, 0.1) is 25.7 Å². The zero-order valence-corrected chi connectivity index (χ0v) is 11.9. The van der Waals surface area contributed by atoms with Gasteiger partial charge in [-0.3, -0.25) is 0 Å². The molecule has 0 spiro atoms. The van der Waals surface area contributed by atoms with Crippen molar-refractivity contribution in [1.82, 2.24) is 0 Å². The van der Waals surface area contributed by atoms with Crippen LogP contribution in [-0.2, 0) is 6.42 Å². The second-order valence-corrected chi connectivity index (χ2v) is 6.09. The SMILES string of the molecule is Cc1cc(C)cc(CC2CCCCCC2CN)c1. The van der Waals surface area contributed by atoms with Crippen LogP contribution in [0.2, 0.25) is 0 Å². The molecule has 2 atom stereocenters. The predicted molar refractivity (Wildman–Crippen MR) is 78.7 cm³/mol. The average Bonchev–Trinajstić information content (AvgIpc) is 2.52. The molecule has 18 heavy (non-hydrogen) atoms. The van der Waals surface area contributed by atoms with E-state index >= 15 is 0 Å². The van der Waals surface area contributed by atoms with Gasteiger partial charge in [0.2, 0.25) is 0 Å². The highest BCUT2D eigenvalue weighted by molar-refractivity contribution is 5.28. The number of benzene rings is 1. The van der Waals surface area contributed by atoms with Gasteiger partial charge in [0.25, 0.3) is 0 Å². The van der Waals surface area contributed by atoms with Crippen LogP contribution in [0.1, 0.15) is 48.8 Å². The van der Waals surface area contributed by atoms with Crippen molar-refractivity contribution in [3.05, 3.63) is 34.9 Å². The largest absolute Gasteiger partial charge is 0.330 e. The first-order valence-corrected chi connectivity index (χ1v) is 7.46. The summed E-state index contributed by atoms with van der Waals surface area (Å²) in [5, 5.41) is 0. The maximum Gasteiger partial charge on any atom is -0.00461 e. The Labute approximate surface area is 112 Å². The third-order valence-electron chi connectivity index (χ3n) is 4.40. The van der Waals surface area contributed by atoms with Crippen molar-refractivity contribution >= 4 is 0 Å². The summed E-state index contributed by atoms with van der Waals surface area (Å²) in [4.78, 5) is 0. The van der Waals surface area contributed by atoms with Gasteiger partial charge in [-0.05, 0) is 57.1 Å². The molecule has 0 aromatic heterocycles. The molecule has 1 aromatic carbocycles. The first-order chi connectivity index (χ1) is 8.69. The summed E-state index contributed by atoms with van der Waals surface area (Å²) in [6.45, 7) is 5.27. The van der Waals surface area contributed by atoms with Crippen molar-refractivity contribution in [2.24, 2.45) is 17.6 Å². The Hall–Kier alpha value is -0.820. The quantitative estimate of drug-likeness (QED) is 0.800. The zero-order valence-electron chi connectivity index (χ0n) is 11.9. The first-order valence-electron chi connectivity index (χ1n) is 7.46. The minimum Gasteiger partial charge on any atom is -0.330 e. The highest BCUT2D eigenvalue weighted by Crippen LogP contribution is 2.31. The second kappa shape index (κ2) is 6.38. The fraction of sp³-hybridized carbons (Fsp3) is 0.647. The Bertz CT molecular complexity index is 363. The van der Waals surface area contributed by atoms with Gasteiger partial charge in [0, 0.05) is 0 Å². The second-order valence-electron chi connectivity index (χ2n) is 6.09. The molecule has 0 heterocycles. The fourth-order valence-electron chi connectivity index (χ4n) is 3.53. The molecule has 1 aliphatic carbocycles.